The first-order chi connectivity index (χ1) is 36.0. The second-order valence-electron chi connectivity index (χ2n) is 22.4. The number of nitrogens with one attached hydrogen (secondary N) is 1. The Balaban J connectivity index is 3.37. The Morgan fingerprint density at radius 1 is 0.384 bits per heavy atom. The summed E-state index contributed by atoms with van der Waals surface area (Å²) in [5.74, 6) is -0.0320. The fourth-order valence-electron chi connectivity index (χ4n) is 10.1. The number of aliphatic hydroxyl groups is 2. The van der Waals surface area contributed by atoms with Crippen LogP contribution >= 0.6 is 0 Å². The minimum absolute atomic E-state index is 0.00243. The largest absolute Gasteiger partial charge is 0.466 e. The van der Waals surface area contributed by atoms with E-state index in [2.05, 4.69) is 55.6 Å². The molecule has 0 saturated heterocycles. The summed E-state index contributed by atoms with van der Waals surface area (Å²) in [4.78, 5) is 24.5. The van der Waals surface area contributed by atoms with Crippen molar-refractivity contribution in [1.82, 2.24) is 5.32 Å². The van der Waals surface area contributed by atoms with Crippen molar-refractivity contribution in [3.8, 4) is 0 Å². The smallest absolute Gasteiger partial charge is 0.305 e. The summed E-state index contributed by atoms with van der Waals surface area (Å²) in [6, 6.07) is -0.540. The van der Waals surface area contributed by atoms with Crippen LogP contribution < -0.4 is 5.32 Å². The monoisotopic (exact) mass is 1030 g/mol. The van der Waals surface area contributed by atoms with Crippen molar-refractivity contribution < 1.29 is 24.5 Å². The van der Waals surface area contributed by atoms with E-state index in [0.29, 0.717) is 25.9 Å². The Kier molecular flexibility index (Phi) is 61.0. The van der Waals surface area contributed by atoms with Crippen LogP contribution in [-0.2, 0) is 14.3 Å². The minimum Gasteiger partial charge on any atom is -0.466 e. The number of ether oxygens (including phenoxy) is 1. The van der Waals surface area contributed by atoms with Crippen molar-refractivity contribution >= 4 is 11.9 Å². The molecule has 0 aromatic heterocycles. The van der Waals surface area contributed by atoms with Gasteiger partial charge >= 0.3 is 5.97 Å². The van der Waals surface area contributed by atoms with Gasteiger partial charge in [-0.05, 0) is 83.5 Å². The maximum Gasteiger partial charge on any atom is 0.305 e. The number of amides is 1. The molecule has 1 amide bonds. The number of carbonyl (C=O) groups is 2. The van der Waals surface area contributed by atoms with E-state index in [1.807, 2.05) is 0 Å². The predicted octanol–water partition coefficient (Wildman–Crippen LogP) is 20.8. The zero-order valence-corrected chi connectivity index (χ0v) is 49.1. The molecule has 0 aliphatic carbocycles. The first kappa shape index (κ1) is 71.1. The molecule has 0 aromatic rings. The fraction of sp³-hybridized carbons (Fsp3) is 0.881. The number of hydrogen-bond donors (Lipinski definition) is 3. The summed E-state index contributed by atoms with van der Waals surface area (Å²) in [7, 11) is 0. The Morgan fingerprint density at radius 3 is 1.07 bits per heavy atom. The van der Waals surface area contributed by atoms with E-state index in [-0.39, 0.29) is 18.5 Å². The van der Waals surface area contributed by atoms with E-state index in [1.54, 1.807) is 0 Å². The number of allylic oxidation sites excluding steroid dienone is 6. The molecule has 0 aliphatic rings. The molecule has 2 unspecified atom stereocenters. The van der Waals surface area contributed by atoms with Crippen molar-refractivity contribution in [2.24, 2.45) is 0 Å². The first-order valence-corrected chi connectivity index (χ1v) is 32.7. The van der Waals surface area contributed by atoms with E-state index in [9.17, 15) is 19.8 Å². The topological polar surface area (TPSA) is 95.9 Å². The number of hydrogen-bond acceptors (Lipinski definition) is 5. The number of rotatable bonds is 61. The highest BCUT2D eigenvalue weighted by Gasteiger charge is 2.20. The van der Waals surface area contributed by atoms with Crippen LogP contribution in [0.5, 0.6) is 0 Å². The third-order valence-electron chi connectivity index (χ3n) is 15.2. The minimum atomic E-state index is -0.663. The van der Waals surface area contributed by atoms with Gasteiger partial charge in [0.15, 0.2) is 0 Å². The summed E-state index contributed by atoms with van der Waals surface area (Å²) < 4.78 is 5.49. The molecular formula is C67H127NO5. The lowest BCUT2D eigenvalue weighted by Crippen LogP contribution is -2.45. The quantitative estimate of drug-likeness (QED) is 0.0320. The molecule has 73 heavy (non-hydrogen) atoms. The number of aliphatic hydroxyl groups excluding tert-OH is 2. The number of carbonyl (C=O) groups excluding carboxylic acids is 2. The third-order valence-corrected chi connectivity index (χ3v) is 15.2. The predicted molar refractivity (Wildman–Crippen MR) is 319 cm³/mol. The van der Waals surface area contributed by atoms with Gasteiger partial charge in [0.1, 0.15) is 0 Å². The van der Waals surface area contributed by atoms with E-state index in [4.69, 9.17) is 4.74 Å². The van der Waals surface area contributed by atoms with Crippen LogP contribution in [0.3, 0.4) is 0 Å². The van der Waals surface area contributed by atoms with E-state index >= 15 is 0 Å². The molecule has 0 radical (unpaired) electrons. The van der Waals surface area contributed by atoms with Crippen LogP contribution in [0.25, 0.3) is 0 Å². The van der Waals surface area contributed by atoms with Gasteiger partial charge in [-0.2, -0.15) is 0 Å². The number of esters is 1. The molecule has 0 aromatic carbocycles. The summed E-state index contributed by atoms with van der Waals surface area (Å²) in [6.07, 6.45) is 78.9. The van der Waals surface area contributed by atoms with Gasteiger partial charge in [-0.15, -0.1) is 0 Å². The van der Waals surface area contributed by atoms with E-state index in [1.165, 1.54) is 270 Å². The average molecular weight is 1030 g/mol. The molecule has 0 fully saturated rings. The van der Waals surface area contributed by atoms with Gasteiger partial charge in [0.2, 0.25) is 5.91 Å². The van der Waals surface area contributed by atoms with Gasteiger partial charge in [-0.1, -0.05) is 294 Å². The van der Waals surface area contributed by atoms with Crippen molar-refractivity contribution in [2.45, 2.75) is 366 Å². The fourth-order valence-corrected chi connectivity index (χ4v) is 10.1. The van der Waals surface area contributed by atoms with Crippen molar-refractivity contribution in [3.63, 3.8) is 0 Å². The highest BCUT2D eigenvalue weighted by molar-refractivity contribution is 5.76. The molecule has 0 saturated carbocycles. The van der Waals surface area contributed by atoms with Crippen LogP contribution in [0.4, 0.5) is 0 Å². The molecule has 430 valence electrons. The van der Waals surface area contributed by atoms with Crippen LogP contribution in [0.15, 0.2) is 36.5 Å². The summed E-state index contributed by atoms with van der Waals surface area (Å²) in [5.41, 5.74) is 0. The van der Waals surface area contributed by atoms with Gasteiger partial charge in [-0.25, -0.2) is 0 Å². The molecule has 0 spiro atoms. The van der Waals surface area contributed by atoms with E-state index < -0.39 is 12.1 Å². The lowest BCUT2D eigenvalue weighted by molar-refractivity contribution is -0.143. The Morgan fingerprint density at radius 2 is 0.685 bits per heavy atom. The van der Waals surface area contributed by atoms with Crippen LogP contribution in [0.2, 0.25) is 0 Å². The molecule has 0 heterocycles. The number of unbranched alkanes of at least 4 members (excludes halogenated alkanes) is 44. The first-order valence-electron chi connectivity index (χ1n) is 32.7. The van der Waals surface area contributed by atoms with Crippen molar-refractivity contribution in [3.05, 3.63) is 36.5 Å². The Bertz CT molecular complexity index is 1180. The second-order valence-corrected chi connectivity index (χ2v) is 22.4. The average Bonchev–Trinajstić information content (AvgIpc) is 3.39. The van der Waals surface area contributed by atoms with Crippen molar-refractivity contribution in [1.29, 1.82) is 0 Å². The molecule has 2 atom stereocenters. The van der Waals surface area contributed by atoms with Gasteiger partial charge < -0.3 is 20.3 Å². The lowest BCUT2D eigenvalue weighted by atomic mass is 10.0. The third kappa shape index (κ3) is 59.2. The maximum atomic E-state index is 12.5. The second kappa shape index (κ2) is 62.6. The molecule has 6 nitrogen and oxygen atoms in total. The molecule has 3 N–H and O–H groups in total. The van der Waals surface area contributed by atoms with E-state index in [0.717, 1.165) is 51.4 Å². The normalized spacial score (nSPS) is 12.8. The summed E-state index contributed by atoms with van der Waals surface area (Å²) in [5, 5.41) is 23.2. The van der Waals surface area contributed by atoms with Crippen LogP contribution in [0.1, 0.15) is 354 Å². The zero-order chi connectivity index (χ0) is 52.9. The Labute approximate surface area is 455 Å². The zero-order valence-electron chi connectivity index (χ0n) is 49.1. The maximum absolute atomic E-state index is 12.5. The summed E-state index contributed by atoms with van der Waals surface area (Å²) in [6.45, 7) is 4.94. The molecular weight excluding hydrogens is 899 g/mol. The van der Waals surface area contributed by atoms with Crippen molar-refractivity contribution in [2.75, 3.05) is 13.2 Å². The van der Waals surface area contributed by atoms with Gasteiger partial charge in [0, 0.05) is 12.8 Å². The van der Waals surface area contributed by atoms with Crippen LogP contribution in [-0.4, -0.2) is 47.4 Å². The highest BCUT2D eigenvalue weighted by atomic mass is 16.5. The van der Waals surface area contributed by atoms with Gasteiger partial charge in [-0.3, -0.25) is 9.59 Å². The molecule has 0 rings (SSSR count). The van der Waals surface area contributed by atoms with Gasteiger partial charge in [0.25, 0.3) is 0 Å². The van der Waals surface area contributed by atoms with Crippen LogP contribution in [0, 0.1) is 0 Å². The lowest BCUT2D eigenvalue weighted by Gasteiger charge is -2.22. The Hall–Kier alpha value is -1.92. The standard InChI is InChI=1S/C67H127NO5/c1-3-5-7-9-11-13-15-17-18-34-37-41-45-49-53-57-61-67(72)73-62-58-54-50-46-42-38-35-32-30-28-26-24-22-20-19-21-23-25-27-29-31-33-36-40-44-48-52-56-60-66(71)68-64(63-69)65(70)59-55-51-47-43-39-16-14-12-10-8-6-4-2/h13,15,18-20,34,64-65,69-70H,3-12,14,16-17,21-33,35-63H2,1-2H3,(H,68,71)/b15-13-,20-19-,34-18-. The summed E-state index contributed by atoms with van der Waals surface area (Å²) >= 11 is 0. The SMILES string of the molecule is CCCCCC/C=C\C/C=C\CCCCCCCC(=O)OCCCCCCCCCCCCCC/C=C\CCCCCCCCCCCCCCC(=O)NC(CO)C(O)CCCCCCCCCCCCCC. The molecule has 0 aliphatic heterocycles. The molecule has 0 bridgehead atoms. The highest BCUT2D eigenvalue weighted by Crippen LogP contribution is 2.18. The molecule has 6 heteroatoms. The van der Waals surface area contributed by atoms with Gasteiger partial charge in [0.05, 0.1) is 25.4 Å².